The van der Waals surface area contributed by atoms with E-state index in [0.29, 0.717) is 18.4 Å². The molecule has 1 N–H and O–H groups in total. The third-order valence-corrected chi connectivity index (χ3v) is 5.16. The summed E-state index contributed by atoms with van der Waals surface area (Å²) in [6, 6.07) is 10.3. The molecule has 0 spiro atoms. The molecule has 0 saturated carbocycles. The molecule has 0 aliphatic carbocycles. The van der Waals surface area contributed by atoms with E-state index in [1.807, 2.05) is 43.3 Å². The number of aromatic nitrogens is 2. The van der Waals surface area contributed by atoms with Gasteiger partial charge in [-0.3, -0.25) is 0 Å². The molecule has 1 atom stereocenters. The maximum atomic E-state index is 5.85. The normalized spacial score (nSPS) is 17.0. The Hall–Kier alpha value is -1.48. The molecule has 0 radical (unpaired) electrons. The molecule has 1 unspecified atom stereocenters. The Bertz CT molecular complexity index is 826. The van der Waals surface area contributed by atoms with Gasteiger partial charge in [-0.25, -0.2) is 0 Å². The molecule has 1 fully saturated rings. The number of nitrogens with one attached hydrogen (secondary N) is 1. The molecule has 1 aromatic heterocycles. The average molecular weight is 526 g/mol. The lowest BCUT2D eigenvalue weighted by Gasteiger charge is -2.30. The van der Waals surface area contributed by atoms with Crippen molar-refractivity contribution < 1.29 is 9.47 Å². The van der Waals surface area contributed by atoms with Crippen LogP contribution in [-0.2, 0) is 4.74 Å². The molecule has 0 amide bonds. The standard InChI is InChI=1S/C21H26Br2N4O2/c1-3-28-14-29-19-11-15(12-20(22)23)6-7-17(19)18-8-9-21(26-25-18)24-16-5-4-10-27(2)13-16/h6-9,11-12,16H,3-5,10,13-14H2,1-2H3,(H,24,26). The van der Waals surface area contributed by atoms with Crippen molar-refractivity contribution in [1.82, 2.24) is 15.1 Å². The Balaban J connectivity index is 1.78. The van der Waals surface area contributed by atoms with E-state index >= 15 is 0 Å². The van der Waals surface area contributed by atoms with E-state index in [0.717, 1.165) is 45.5 Å². The van der Waals surface area contributed by atoms with Gasteiger partial charge in [0.2, 0.25) is 0 Å². The highest BCUT2D eigenvalue weighted by Gasteiger charge is 2.17. The molecular formula is C21H26Br2N4O2. The minimum atomic E-state index is 0.189. The van der Waals surface area contributed by atoms with Crippen molar-refractivity contribution in [3.05, 3.63) is 39.3 Å². The van der Waals surface area contributed by atoms with Crippen LogP contribution >= 0.6 is 31.9 Å². The van der Waals surface area contributed by atoms with Crippen LogP contribution in [0, 0.1) is 0 Å². The number of hydrogen-bond donors (Lipinski definition) is 1. The van der Waals surface area contributed by atoms with Crippen LogP contribution in [0.25, 0.3) is 17.3 Å². The fourth-order valence-corrected chi connectivity index (χ4v) is 3.85. The van der Waals surface area contributed by atoms with Gasteiger partial charge in [-0.15, -0.1) is 10.2 Å². The van der Waals surface area contributed by atoms with Gasteiger partial charge >= 0.3 is 0 Å². The summed E-state index contributed by atoms with van der Waals surface area (Å²) in [5.74, 6) is 1.51. The molecule has 0 bridgehead atoms. The highest BCUT2D eigenvalue weighted by Crippen LogP contribution is 2.31. The van der Waals surface area contributed by atoms with Gasteiger partial charge in [0.15, 0.2) is 6.79 Å². The van der Waals surface area contributed by atoms with Gasteiger partial charge in [-0.05, 0) is 101 Å². The number of rotatable bonds is 8. The molecule has 6 nitrogen and oxygen atoms in total. The molecule has 2 heterocycles. The largest absolute Gasteiger partial charge is 0.467 e. The number of likely N-dealkylation sites (N-methyl/N-ethyl adjacent to an activating group) is 1. The van der Waals surface area contributed by atoms with E-state index in [1.165, 1.54) is 6.42 Å². The molecular weight excluding hydrogens is 500 g/mol. The van der Waals surface area contributed by atoms with Crippen molar-refractivity contribution in [2.24, 2.45) is 0 Å². The SMILES string of the molecule is CCOCOc1cc(C=C(Br)Br)ccc1-c1ccc(NC2CCCN(C)C2)nn1. The Morgan fingerprint density at radius 1 is 1.28 bits per heavy atom. The van der Waals surface area contributed by atoms with Crippen LogP contribution in [0.4, 0.5) is 5.82 Å². The monoisotopic (exact) mass is 524 g/mol. The summed E-state index contributed by atoms with van der Waals surface area (Å²) < 4.78 is 12.1. The van der Waals surface area contributed by atoms with Crippen LogP contribution in [0.5, 0.6) is 5.75 Å². The van der Waals surface area contributed by atoms with Crippen molar-refractivity contribution >= 4 is 43.8 Å². The van der Waals surface area contributed by atoms with Crippen LogP contribution in [0.3, 0.4) is 0 Å². The predicted molar refractivity (Wildman–Crippen MR) is 125 cm³/mol. The van der Waals surface area contributed by atoms with Crippen molar-refractivity contribution in [1.29, 1.82) is 0 Å². The second-order valence-electron chi connectivity index (χ2n) is 6.99. The lowest BCUT2D eigenvalue weighted by molar-refractivity contribution is 0.0227. The fraction of sp³-hybridized carbons (Fsp3) is 0.429. The van der Waals surface area contributed by atoms with E-state index in [9.17, 15) is 0 Å². The number of nitrogens with zero attached hydrogens (tertiary/aromatic N) is 3. The number of benzene rings is 1. The molecule has 1 saturated heterocycles. The first-order valence-electron chi connectivity index (χ1n) is 9.71. The quantitative estimate of drug-likeness (QED) is 0.381. The Kier molecular flexibility index (Phi) is 8.47. The van der Waals surface area contributed by atoms with Gasteiger partial charge in [0.05, 0.1) is 9.09 Å². The minimum Gasteiger partial charge on any atom is -0.467 e. The van der Waals surface area contributed by atoms with Crippen LogP contribution in [0.2, 0.25) is 0 Å². The number of hydrogen-bond acceptors (Lipinski definition) is 6. The lowest BCUT2D eigenvalue weighted by Crippen LogP contribution is -2.39. The Morgan fingerprint density at radius 3 is 2.83 bits per heavy atom. The third-order valence-electron chi connectivity index (χ3n) is 4.70. The van der Waals surface area contributed by atoms with Gasteiger partial charge < -0.3 is 19.7 Å². The summed E-state index contributed by atoms with van der Waals surface area (Å²) in [4.78, 5) is 2.34. The van der Waals surface area contributed by atoms with Gasteiger partial charge in [-0.2, -0.15) is 0 Å². The topological polar surface area (TPSA) is 59.5 Å². The second kappa shape index (κ2) is 11.1. The van der Waals surface area contributed by atoms with Crippen LogP contribution in [0.1, 0.15) is 25.3 Å². The fourth-order valence-electron chi connectivity index (χ4n) is 3.32. The van der Waals surface area contributed by atoms with Crippen molar-refractivity contribution in [2.75, 3.05) is 38.9 Å². The van der Waals surface area contributed by atoms with E-state index < -0.39 is 0 Å². The van der Waals surface area contributed by atoms with Gasteiger partial charge in [0.1, 0.15) is 11.6 Å². The average Bonchev–Trinajstić information content (AvgIpc) is 2.69. The molecule has 1 aromatic carbocycles. The number of piperidine rings is 1. The molecule has 8 heteroatoms. The van der Waals surface area contributed by atoms with E-state index in [4.69, 9.17) is 9.47 Å². The third kappa shape index (κ3) is 6.77. The summed E-state index contributed by atoms with van der Waals surface area (Å²) in [5, 5.41) is 12.3. The van der Waals surface area contributed by atoms with Crippen LogP contribution < -0.4 is 10.1 Å². The number of ether oxygens (including phenoxy) is 2. The smallest absolute Gasteiger partial charge is 0.189 e. The Labute approximate surface area is 188 Å². The van der Waals surface area contributed by atoms with Gasteiger partial charge in [0, 0.05) is 24.8 Å². The first-order valence-corrected chi connectivity index (χ1v) is 11.3. The van der Waals surface area contributed by atoms with Crippen LogP contribution in [0.15, 0.2) is 33.7 Å². The van der Waals surface area contributed by atoms with Crippen molar-refractivity contribution in [3.63, 3.8) is 0 Å². The van der Waals surface area contributed by atoms with E-state index in [2.05, 4.69) is 59.3 Å². The maximum absolute atomic E-state index is 5.85. The molecule has 156 valence electrons. The summed E-state index contributed by atoms with van der Waals surface area (Å²) in [7, 11) is 2.15. The lowest BCUT2D eigenvalue weighted by atomic mass is 10.1. The van der Waals surface area contributed by atoms with Gasteiger partial charge in [-0.1, -0.05) is 6.07 Å². The molecule has 29 heavy (non-hydrogen) atoms. The summed E-state index contributed by atoms with van der Waals surface area (Å²) in [5.41, 5.74) is 2.64. The molecule has 1 aliphatic rings. The Morgan fingerprint density at radius 2 is 2.14 bits per heavy atom. The summed E-state index contributed by atoms with van der Waals surface area (Å²) >= 11 is 6.79. The number of halogens is 2. The zero-order chi connectivity index (χ0) is 20.6. The first-order chi connectivity index (χ1) is 14.0. The summed E-state index contributed by atoms with van der Waals surface area (Å²) in [6.45, 7) is 4.90. The highest BCUT2D eigenvalue weighted by molar-refractivity contribution is 9.28. The minimum absolute atomic E-state index is 0.189. The van der Waals surface area contributed by atoms with Crippen molar-refractivity contribution in [2.45, 2.75) is 25.8 Å². The molecule has 3 rings (SSSR count). The maximum Gasteiger partial charge on any atom is 0.189 e. The van der Waals surface area contributed by atoms with Crippen molar-refractivity contribution in [3.8, 4) is 17.0 Å². The van der Waals surface area contributed by atoms with E-state index in [1.54, 1.807) is 0 Å². The zero-order valence-electron chi connectivity index (χ0n) is 16.7. The second-order valence-corrected chi connectivity index (χ2v) is 9.77. The van der Waals surface area contributed by atoms with Gasteiger partial charge in [0.25, 0.3) is 0 Å². The molecule has 2 aromatic rings. The number of anilines is 1. The van der Waals surface area contributed by atoms with E-state index in [-0.39, 0.29) is 6.79 Å². The molecule has 1 aliphatic heterocycles. The number of likely N-dealkylation sites (tertiary alicyclic amines) is 1. The highest BCUT2D eigenvalue weighted by atomic mass is 79.9. The first kappa shape index (κ1) is 22.2. The zero-order valence-corrected chi connectivity index (χ0v) is 19.9. The summed E-state index contributed by atoms with van der Waals surface area (Å²) in [6.07, 6.45) is 4.31. The van der Waals surface area contributed by atoms with Crippen LogP contribution in [-0.4, -0.2) is 54.7 Å². The predicted octanol–water partition coefficient (Wildman–Crippen LogP) is 5.11.